The highest BCUT2D eigenvalue weighted by Crippen LogP contribution is 2.35. The summed E-state index contributed by atoms with van der Waals surface area (Å²) in [5.41, 5.74) is 0.787. The van der Waals surface area contributed by atoms with Gasteiger partial charge in [-0.1, -0.05) is 18.9 Å². The number of likely N-dealkylation sites (tertiary alicyclic amines) is 1. The Morgan fingerprint density at radius 3 is 2.72 bits per heavy atom. The molecule has 29 heavy (non-hydrogen) atoms. The smallest absolute Gasteiger partial charge is 0.331 e. The summed E-state index contributed by atoms with van der Waals surface area (Å²) in [6.45, 7) is 3.03. The van der Waals surface area contributed by atoms with Crippen LogP contribution >= 0.6 is 0 Å². The largest absolute Gasteiger partial charge is 0.493 e. The Balaban J connectivity index is 1.52. The zero-order chi connectivity index (χ0) is 20.6. The molecule has 2 atom stereocenters. The standard InChI is InChI=1S/C23H31NO5/c1-3-28-20-12-10-17(15-21(20)27-2)11-13-23(26)29-16-22(25)24-14-6-8-18-7-4-5-9-19(18)24/h10-13,15,18-19H,3-9,14,16H2,1-2H3/b13-11+/t18-,19-/m1/s1. The average Bonchev–Trinajstić information content (AvgIpc) is 2.76. The second kappa shape index (κ2) is 10.3. The Bertz CT molecular complexity index is 743. The van der Waals surface area contributed by atoms with Crippen LogP contribution in [0.3, 0.4) is 0 Å². The molecule has 6 heteroatoms. The molecule has 0 bridgehead atoms. The van der Waals surface area contributed by atoms with E-state index in [1.54, 1.807) is 25.3 Å². The minimum Gasteiger partial charge on any atom is -0.493 e. The maximum atomic E-state index is 12.6. The van der Waals surface area contributed by atoms with Gasteiger partial charge in [-0.2, -0.15) is 0 Å². The minimum absolute atomic E-state index is 0.0777. The zero-order valence-corrected chi connectivity index (χ0v) is 17.4. The first-order chi connectivity index (χ1) is 14.1. The Morgan fingerprint density at radius 1 is 1.14 bits per heavy atom. The van der Waals surface area contributed by atoms with Crippen LogP contribution in [0.15, 0.2) is 24.3 Å². The van der Waals surface area contributed by atoms with Crippen molar-refractivity contribution in [2.24, 2.45) is 5.92 Å². The molecule has 158 valence electrons. The lowest BCUT2D eigenvalue weighted by Crippen LogP contribution is -2.50. The Hall–Kier alpha value is -2.50. The number of amides is 1. The van der Waals surface area contributed by atoms with Crippen LogP contribution < -0.4 is 9.47 Å². The quantitative estimate of drug-likeness (QED) is 0.513. The van der Waals surface area contributed by atoms with Crippen LogP contribution in [-0.2, 0) is 14.3 Å². The molecule has 1 aromatic rings. The zero-order valence-electron chi connectivity index (χ0n) is 17.4. The maximum absolute atomic E-state index is 12.6. The van der Waals surface area contributed by atoms with Crippen molar-refractivity contribution < 1.29 is 23.8 Å². The predicted octanol–water partition coefficient (Wildman–Crippen LogP) is 3.83. The summed E-state index contributed by atoms with van der Waals surface area (Å²) < 4.78 is 16.0. The lowest BCUT2D eigenvalue weighted by Gasteiger charge is -2.44. The lowest BCUT2D eigenvalue weighted by atomic mass is 9.78. The van der Waals surface area contributed by atoms with Gasteiger partial charge in [0.1, 0.15) is 0 Å². The van der Waals surface area contributed by atoms with Gasteiger partial charge in [0, 0.05) is 18.7 Å². The predicted molar refractivity (Wildman–Crippen MR) is 111 cm³/mol. The van der Waals surface area contributed by atoms with Crippen molar-refractivity contribution in [2.75, 3.05) is 26.9 Å². The second-order valence-corrected chi connectivity index (χ2v) is 7.63. The van der Waals surface area contributed by atoms with Crippen LogP contribution in [0.4, 0.5) is 0 Å². The van der Waals surface area contributed by atoms with Crippen LogP contribution in [0, 0.1) is 5.92 Å². The number of hydrogen-bond donors (Lipinski definition) is 0. The molecule has 1 aliphatic carbocycles. The normalized spacial score (nSPS) is 21.5. The number of esters is 1. The third-order valence-electron chi connectivity index (χ3n) is 5.80. The number of carbonyl (C=O) groups is 2. The highest BCUT2D eigenvalue weighted by atomic mass is 16.5. The van der Waals surface area contributed by atoms with E-state index >= 15 is 0 Å². The summed E-state index contributed by atoms with van der Waals surface area (Å²) in [6.07, 6.45) is 9.96. The van der Waals surface area contributed by atoms with Gasteiger partial charge in [-0.3, -0.25) is 4.79 Å². The van der Waals surface area contributed by atoms with Crippen molar-refractivity contribution in [1.82, 2.24) is 4.90 Å². The van der Waals surface area contributed by atoms with Crippen LogP contribution in [0.2, 0.25) is 0 Å². The van der Waals surface area contributed by atoms with Gasteiger partial charge < -0.3 is 19.1 Å². The minimum atomic E-state index is -0.525. The molecule has 2 aliphatic rings. The van der Waals surface area contributed by atoms with E-state index in [1.807, 2.05) is 17.9 Å². The van der Waals surface area contributed by atoms with Crippen molar-refractivity contribution >= 4 is 18.0 Å². The summed E-state index contributed by atoms with van der Waals surface area (Å²) in [7, 11) is 1.57. The average molecular weight is 402 g/mol. The molecule has 1 aromatic carbocycles. The fourth-order valence-electron chi connectivity index (χ4n) is 4.43. The number of hydrogen-bond acceptors (Lipinski definition) is 5. The first-order valence-electron chi connectivity index (χ1n) is 10.6. The van der Waals surface area contributed by atoms with Crippen molar-refractivity contribution in [2.45, 2.75) is 51.5 Å². The SMILES string of the molecule is CCOc1ccc(/C=C/C(=O)OCC(=O)N2CCC[C@H]3CCCC[C@H]32)cc1OC. The molecule has 6 nitrogen and oxygen atoms in total. The summed E-state index contributed by atoms with van der Waals surface area (Å²) in [5, 5.41) is 0. The molecule has 0 N–H and O–H groups in total. The maximum Gasteiger partial charge on any atom is 0.331 e. The first-order valence-corrected chi connectivity index (χ1v) is 10.6. The number of methoxy groups -OCH3 is 1. The van der Waals surface area contributed by atoms with Gasteiger partial charge in [-0.25, -0.2) is 4.79 Å². The monoisotopic (exact) mass is 401 g/mol. The topological polar surface area (TPSA) is 65.1 Å². The molecule has 1 saturated carbocycles. The summed E-state index contributed by atoms with van der Waals surface area (Å²) >= 11 is 0. The van der Waals surface area contributed by atoms with Gasteiger partial charge in [0.15, 0.2) is 18.1 Å². The first kappa shape index (κ1) is 21.2. The van der Waals surface area contributed by atoms with Crippen molar-refractivity contribution in [3.63, 3.8) is 0 Å². The van der Waals surface area contributed by atoms with E-state index in [0.717, 1.165) is 24.9 Å². The molecule has 3 rings (SSSR count). The summed E-state index contributed by atoms with van der Waals surface area (Å²) in [5.74, 6) is 1.27. The molecule has 2 fully saturated rings. The van der Waals surface area contributed by atoms with Crippen LogP contribution in [0.25, 0.3) is 6.08 Å². The third-order valence-corrected chi connectivity index (χ3v) is 5.80. The molecule has 0 unspecified atom stereocenters. The van der Waals surface area contributed by atoms with Crippen LogP contribution in [-0.4, -0.2) is 49.7 Å². The molecule has 0 aromatic heterocycles. The van der Waals surface area contributed by atoms with E-state index in [4.69, 9.17) is 14.2 Å². The Kier molecular flexibility index (Phi) is 7.55. The van der Waals surface area contributed by atoms with Gasteiger partial charge in [0.25, 0.3) is 5.91 Å². The Morgan fingerprint density at radius 2 is 1.93 bits per heavy atom. The second-order valence-electron chi connectivity index (χ2n) is 7.63. The molecular weight excluding hydrogens is 370 g/mol. The molecule has 1 saturated heterocycles. The van der Waals surface area contributed by atoms with E-state index < -0.39 is 5.97 Å². The number of ether oxygens (including phenoxy) is 3. The van der Waals surface area contributed by atoms with E-state index in [1.165, 1.54) is 31.8 Å². The molecule has 1 heterocycles. The van der Waals surface area contributed by atoms with Gasteiger partial charge in [-0.15, -0.1) is 0 Å². The fourth-order valence-corrected chi connectivity index (χ4v) is 4.43. The highest BCUT2D eigenvalue weighted by Gasteiger charge is 2.35. The summed E-state index contributed by atoms with van der Waals surface area (Å²) in [4.78, 5) is 26.6. The van der Waals surface area contributed by atoms with E-state index in [-0.39, 0.29) is 12.5 Å². The molecule has 1 aliphatic heterocycles. The van der Waals surface area contributed by atoms with Gasteiger partial charge in [0.2, 0.25) is 0 Å². The molecule has 0 spiro atoms. The van der Waals surface area contributed by atoms with E-state index in [2.05, 4.69) is 0 Å². The van der Waals surface area contributed by atoms with Crippen molar-refractivity contribution in [1.29, 1.82) is 0 Å². The van der Waals surface area contributed by atoms with Gasteiger partial charge in [-0.05, 0) is 62.3 Å². The Labute approximate surface area is 172 Å². The third kappa shape index (κ3) is 5.52. The molecule has 0 radical (unpaired) electrons. The highest BCUT2D eigenvalue weighted by molar-refractivity contribution is 5.89. The van der Waals surface area contributed by atoms with E-state index in [0.29, 0.717) is 30.1 Å². The van der Waals surface area contributed by atoms with Gasteiger partial charge in [0.05, 0.1) is 13.7 Å². The summed E-state index contributed by atoms with van der Waals surface area (Å²) in [6, 6.07) is 5.75. The number of piperidine rings is 1. The number of fused-ring (bicyclic) bond motifs is 1. The van der Waals surface area contributed by atoms with Crippen LogP contribution in [0.1, 0.15) is 51.0 Å². The molecular formula is C23H31NO5. The van der Waals surface area contributed by atoms with E-state index in [9.17, 15) is 9.59 Å². The lowest BCUT2D eigenvalue weighted by molar-refractivity contribution is -0.151. The number of benzene rings is 1. The fraction of sp³-hybridized carbons (Fsp3) is 0.565. The van der Waals surface area contributed by atoms with Crippen LogP contribution in [0.5, 0.6) is 11.5 Å². The number of rotatable bonds is 7. The molecule has 1 amide bonds. The number of nitrogens with zero attached hydrogens (tertiary/aromatic N) is 1. The van der Waals surface area contributed by atoms with Crippen molar-refractivity contribution in [3.8, 4) is 11.5 Å². The van der Waals surface area contributed by atoms with Crippen molar-refractivity contribution in [3.05, 3.63) is 29.8 Å². The van der Waals surface area contributed by atoms with Gasteiger partial charge >= 0.3 is 5.97 Å². The number of carbonyl (C=O) groups excluding carboxylic acids is 2.